The normalized spacial score (nSPS) is 12.4. The van der Waals surface area contributed by atoms with Crippen molar-refractivity contribution < 1.29 is 0 Å². The number of nitriles is 1. The molecule has 0 spiro atoms. The molecule has 3 N–H and O–H groups in total. The first-order valence-corrected chi connectivity index (χ1v) is 6.73. The monoisotopic (exact) mass is 252 g/mol. The molecule has 1 heterocycles. The molecule has 0 radical (unpaired) electrons. The zero-order valence-corrected chi connectivity index (χ0v) is 11.5. The number of rotatable bonds is 6. The fourth-order valence-corrected chi connectivity index (χ4v) is 2.41. The van der Waals surface area contributed by atoms with E-state index in [0.717, 1.165) is 17.3 Å². The minimum Gasteiger partial charge on any atom is -0.382 e. The average molecular weight is 252 g/mol. The van der Waals surface area contributed by atoms with Crippen LogP contribution in [0, 0.1) is 17.2 Å². The lowest BCUT2D eigenvalue weighted by Gasteiger charge is -2.14. The minimum absolute atomic E-state index is 0.328. The highest BCUT2D eigenvalue weighted by molar-refractivity contribution is 7.10. The van der Waals surface area contributed by atoms with Crippen LogP contribution in [0.3, 0.4) is 0 Å². The number of hydrogen-bond acceptors (Lipinski definition) is 5. The molecule has 0 aromatic carbocycles. The Labute approximate surface area is 107 Å². The molecule has 0 aliphatic carbocycles. The molecule has 1 rings (SSSR count). The van der Waals surface area contributed by atoms with E-state index in [1.165, 1.54) is 24.4 Å². The first kappa shape index (κ1) is 13.8. The Morgan fingerprint density at radius 1 is 1.41 bits per heavy atom. The fourth-order valence-electron chi connectivity index (χ4n) is 1.64. The summed E-state index contributed by atoms with van der Waals surface area (Å²) in [6.07, 6.45) is 3.53. The van der Waals surface area contributed by atoms with Crippen molar-refractivity contribution in [3.8, 4) is 6.07 Å². The van der Waals surface area contributed by atoms with Crippen LogP contribution < -0.4 is 11.1 Å². The lowest BCUT2D eigenvalue weighted by Crippen LogP contribution is -2.15. The van der Waals surface area contributed by atoms with Crippen LogP contribution in [0.4, 0.5) is 10.8 Å². The third-order valence-electron chi connectivity index (χ3n) is 2.63. The summed E-state index contributed by atoms with van der Waals surface area (Å²) >= 11 is 1.26. The average Bonchev–Trinajstić information content (AvgIpc) is 2.58. The van der Waals surface area contributed by atoms with E-state index in [0.29, 0.717) is 17.4 Å². The maximum Gasteiger partial charge on any atom is 0.157 e. The summed E-state index contributed by atoms with van der Waals surface area (Å²) in [5.74, 6) is 1.07. The summed E-state index contributed by atoms with van der Waals surface area (Å²) in [7, 11) is 0. The Hall–Kier alpha value is -1.28. The number of nitrogens with two attached hydrogens (primary N) is 1. The molecule has 1 atom stereocenters. The molecule has 0 bridgehead atoms. The van der Waals surface area contributed by atoms with Crippen molar-refractivity contribution in [1.29, 1.82) is 5.26 Å². The Balaban J connectivity index is 2.45. The van der Waals surface area contributed by atoms with Gasteiger partial charge in [0.1, 0.15) is 16.6 Å². The number of nitrogens with zero attached hydrogens (tertiary/aromatic N) is 2. The van der Waals surface area contributed by atoms with E-state index in [1.807, 2.05) is 0 Å². The van der Waals surface area contributed by atoms with Crippen molar-refractivity contribution in [3.63, 3.8) is 0 Å². The maximum absolute atomic E-state index is 8.95. The van der Waals surface area contributed by atoms with E-state index in [1.54, 1.807) is 0 Å². The number of aromatic nitrogens is 1. The summed E-state index contributed by atoms with van der Waals surface area (Å²) in [5, 5.41) is 13.0. The highest BCUT2D eigenvalue weighted by atomic mass is 32.1. The molecule has 0 fully saturated rings. The molecule has 0 aliphatic rings. The Bertz CT molecular complexity index is 392. The summed E-state index contributed by atoms with van der Waals surface area (Å²) in [6.45, 7) is 6.59. The van der Waals surface area contributed by atoms with E-state index in [-0.39, 0.29) is 0 Å². The van der Waals surface area contributed by atoms with E-state index in [4.69, 9.17) is 11.0 Å². The van der Waals surface area contributed by atoms with Gasteiger partial charge in [-0.05, 0) is 30.8 Å². The van der Waals surface area contributed by atoms with Crippen molar-refractivity contribution in [2.45, 2.75) is 46.1 Å². The van der Waals surface area contributed by atoms with Crippen molar-refractivity contribution in [2.75, 3.05) is 11.1 Å². The Kier molecular flexibility index (Phi) is 5.23. The number of nitrogens with one attached hydrogen (secondary N) is 1. The van der Waals surface area contributed by atoms with Crippen LogP contribution >= 0.6 is 11.5 Å². The summed E-state index contributed by atoms with van der Waals surface area (Å²) < 4.78 is 3.98. The van der Waals surface area contributed by atoms with Gasteiger partial charge in [0.25, 0.3) is 0 Å². The second-order valence-corrected chi connectivity index (χ2v) is 5.53. The molecule has 5 heteroatoms. The van der Waals surface area contributed by atoms with Crippen LogP contribution in [0.1, 0.15) is 45.6 Å². The molecule has 94 valence electrons. The largest absolute Gasteiger partial charge is 0.382 e. The van der Waals surface area contributed by atoms with Gasteiger partial charge in [-0.3, -0.25) is 0 Å². The number of anilines is 2. The zero-order valence-electron chi connectivity index (χ0n) is 10.7. The lowest BCUT2D eigenvalue weighted by molar-refractivity contribution is 0.520. The van der Waals surface area contributed by atoms with Crippen molar-refractivity contribution in [1.82, 2.24) is 4.37 Å². The molecule has 1 unspecified atom stereocenters. The molecule has 1 aromatic heterocycles. The van der Waals surface area contributed by atoms with Gasteiger partial charge in [0, 0.05) is 6.04 Å². The summed E-state index contributed by atoms with van der Waals surface area (Å²) in [5.41, 5.74) is 6.08. The van der Waals surface area contributed by atoms with Gasteiger partial charge >= 0.3 is 0 Å². The quantitative estimate of drug-likeness (QED) is 0.815. The van der Waals surface area contributed by atoms with E-state index >= 15 is 0 Å². The van der Waals surface area contributed by atoms with E-state index in [9.17, 15) is 0 Å². The molecule has 0 aliphatic heterocycles. The molecule has 0 amide bonds. The predicted octanol–water partition coefficient (Wildman–Crippen LogP) is 3.22. The van der Waals surface area contributed by atoms with Crippen LogP contribution in [-0.2, 0) is 0 Å². The molecular weight excluding hydrogens is 232 g/mol. The SMILES string of the molecule is CC(C)CCCC(C)Nc1snc(N)c1C#N. The molecular formula is C12H20N4S. The topological polar surface area (TPSA) is 74.7 Å². The molecule has 0 saturated heterocycles. The number of nitrogen functional groups attached to an aromatic ring is 1. The third kappa shape index (κ3) is 4.23. The van der Waals surface area contributed by atoms with Crippen molar-refractivity contribution >= 4 is 22.4 Å². The van der Waals surface area contributed by atoms with Gasteiger partial charge < -0.3 is 11.1 Å². The predicted molar refractivity (Wildman–Crippen MR) is 73.0 cm³/mol. The lowest BCUT2D eigenvalue weighted by atomic mass is 10.0. The van der Waals surface area contributed by atoms with Crippen LogP contribution in [0.2, 0.25) is 0 Å². The summed E-state index contributed by atoms with van der Waals surface area (Å²) in [6, 6.07) is 2.43. The maximum atomic E-state index is 8.95. The highest BCUT2D eigenvalue weighted by Crippen LogP contribution is 2.26. The fraction of sp³-hybridized carbons (Fsp3) is 0.667. The van der Waals surface area contributed by atoms with Gasteiger partial charge in [-0.1, -0.05) is 26.7 Å². The van der Waals surface area contributed by atoms with Crippen molar-refractivity contribution in [3.05, 3.63) is 5.56 Å². The second-order valence-electron chi connectivity index (χ2n) is 4.75. The standard InChI is InChI=1S/C12H20N4S/c1-8(2)5-4-6-9(3)15-12-10(7-13)11(14)16-17-12/h8-9,15H,4-6H2,1-3H3,(H2,14,16). The smallest absolute Gasteiger partial charge is 0.157 e. The minimum atomic E-state index is 0.328. The van der Waals surface area contributed by atoms with Gasteiger partial charge in [-0.25, -0.2) is 0 Å². The van der Waals surface area contributed by atoms with Crippen LogP contribution in [0.15, 0.2) is 0 Å². The summed E-state index contributed by atoms with van der Waals surface area (Å²) in [4.78, 5) is 0. The number of hydrogen-bond donors (Lipinski definition) is 2. The molecule has 1 aromatic rings. The second kappa shape index (κ2) is 6.45. The molecule has 4 nitrogen and oxygen atoms in total. The van der Waals surface area contributed by atoms with Crippen LogP contribution in [0.25, 0.3) is 0 Å². The van der Waals surface area contributed by atoms with Gasteiger partial charge in [0.05, 0.1) is 0 Å². The Morgan fingerprint density at radius 2 is 2.12 bits per heavy atom. The van der Waals surface area contributed by atoms with Crippen LogP contribution in [0.5, 0.6) is 0 Å². The van der Waals surface area contributed by atoms with Gasteiger partial charge in [0.2, 0.25) is 0 Å². The first-order valence-electron chi connectivity index (χ1n) is 5.96. The van der Waals surface area contributed by atoms with Crippen LogP contribution in [-0.4, -0.2) is 10.4 Å². The van der Waals surface area contributed by atoms with Gasteiger partial charge in [-0.15, -0.1) is 0 Å². The molecule has 17 heavy (non-hydrogen) atoms. The Morgan fingerprint density at radius 3 is 2.71 bits per heavy atom. The van der Waals surface area contributed by atoms with E-state index in [2.05, 4.69) is 36.5 Å². The van der Waals surface area contributed by atoms with Crippen molar-refractivity contribution in [2.24, 2.45) is 5.92 Å². The molecule has 0 saturated carbocycles. The van der Waals surface area contributed by atoms with Gasteiger partial charge in [-0.2, -0.15) is 9.64 Å². The van der Waals surface area contributed by atoms with Gasteiger partial charge in [0.15, 0.2) is 5.82 Å². The highest BCUT2D eigenvalue weighted by Gasteiger charge is 2.12. The third-order valence-corrected chi connectivity index (χ3v) is 3.42. The zero-order chi connectivity index (χ0) is 12.8. The van der Waals surface area contributed by atoms with E-state index < -0.39 is 0 Å². The first-order chi connectivity index (χ1) is 8.04.